The summed E-state index contributed by atoms with van der Waals surface area (Å²) < 4.78 is 41.7. The number of hydrogen-bond donors (Lipinski definition) is 1. The highest BCUT2D eigenvalue weighted by Crippen LogP contribution is 2.29. The van der Waals surface area contributed by atoms with E-state index in [0.717, 1.165) is 18.4 Å². The first-order valence-corrected chi connectivity index (χ1v) is 8.29. The molecule has 0 unspecified atom stereocenters. The Morgan fingerprint density at radius 3 is 2.32 bits per heavy atom. The lowest BCUT2D eigenvalue weighted by atomic mass is 10.2. The second kappa shape index (κ2) is 7.74. The van der Waals surface area contributed by atoms with E-state index in [9.17, 15) is 13.2 Å². The number of nitrogens with zero attached hydrogens (tertiary/aromatic N) is 1. The fourth-order valence-corrected chi connectivity index (χ4v) is 2.79. The van der Waals surface area contributed by atoms with E-state index in [1.165, 1.54) is 24.3 Å². The van der Waals surface area contributed by atoms with E-state index in [4.69, 9.17) is 12.2 Å². The molecule has 2 aromatic carbocycles. The van der Waals surface area contributed by atoms with Crippen molar-refractivity contribution in [2.45, 2.75) is 32.0 Å². The Hall–Kier alpha value is -2.28. The molecule has 25 heavy (non-hydrogen) atoms. The van der Waals surface area contributed by atoms with E-state index in [0.29, 0.717) is 23.4 Å². The maximum Gasteiger partial charge on any atom is 0.387 e. The smallest absolute Gasteiger partial charge is 0.387 e. The molecule has 0 saturated heterocycles. The molecule has 0 aliphatic heterocycles. The van der Waals surface area contributed by atoms with Gasteiger partial charge in [-0.15, -0.1) is 0 Å². The van der Waals surface area contributed by atoms with Gasteiger partial charge in [-0.05, 0) is 67.0 Å². The van der Waals surface area contributed by atoms with E-state index in [1.54, 1.807) is 24.3 Å². The maximum absolute atomic E-state index is 13.0. The topological polar surface area (TPSA) is 24.5 Å². The first-order valence-electron chi connectivity index (χ1n) is 7.88. The molecule has 0 radical (unpaired) electrons. The van der Waals surface area contributed by atoms with Crippen molar-refractivity contribution in [1.82, 2.24) is 4.90 Å². The zero-order valence-electron chi connectivity index (χ0n) is 13.3. The third kappa shape index (κ3) is 5.09. The highest BCUT2D eigenvalue weighted by Gasteiger charge is 2.30. The van der Waals surface area contributed by atoms with Gasteiger partial charge in [0.1, 0.15) is 11.6 Å². The summed E-state index contributed by atoms with van der Waals surface area (Å²) in [6.07, 6.45) is 2.12. The van der Waals surface area contributed by atoms with Crippen molar-refractivity contribution in [3.05, 3.63) is 59.9 Å². The summed E-state index contributed by atoms with van der Waals surface area (Å²) in [6, 6.07) is 12.9. The number of halogens is 3. The minimum Gasteiger partial charge on any atom is -0.435 e. The van der Waals surface area contributed by atoms with Gasteiger partial charge >= 0.3 is 6.61 Å². The van der Waals surface area contributed by atoms with Crippen LogP contribution in [0.4, 0.5) is 18.9 Å². The number of nitrogens with one attached hydrogen (secondary N) is 1. The zero-order chi connectivity index (χ0) is 17.8. The molecule has 7 heteroatoms. The molecule has 3 rings (SSSR count). The minimum atomic E-state index is -2.85. The zero-order valence-corrected chi connectivity index (χ0v) is 14.1. The molecule has 1 aliphatic rings. The van der Waals surface area contributed by atoms with Gasteiger partial charge in [0.25, 0.3) is 0 Å². The quantitative estimate of drug-likeness (QED) is 0.743. The van der Waals surface area contributed by atoms with Gasteiger partial charge in [-0.1, -0.05) is 12.1 Å². The summed E-state index contributed by atoms with van der Waals surface area (Å²) in [5.74, 6) is -0.176. The largest absolute Gasteiger partial charge is 0.435 e. The Bertz CT molecular complexity index is 718. The van der Waals surface area contributed by atoms with Gasteiger partial charge in [0, 0.05) is 18.3 Å². The highest BCUT2D eigenvalue weighted by molar-refractivity contribution is 7.80. The van der Waals surface area contributed by atoms with Gasteiger partial charge in [0.2, 0.25) is 0 Å². The molecule has 1 N–H and O–H groups in total. The van der Waals surface area contributed by atoms with Crippen molar-refractivity contribution in [3.8, 4) is 5.75 Å². The van der Waals surface area contributed by atoms with Crippen molar-refractivity contribution < 1.29 is 17.9 Å². The fourth-order valence-electron chi connectivity index (χ4n) is 2.45. The van der Waals surface area contributed by atoms with Gasteiger partial charge in [-0.3, -0.25) is 0 Å². The number of anilines is 1. The molecule has 0 bridgehead atoms. The second-order valence-corrected chi connectivity index (χ2v) is 6.21. The van der Waals surface area contributed by atoms with Crippen LogP contribution in [0.2, 0.25) is 0 Å². The van der Waals surface area contributed by atoms with Crippen molar-refractivity contribution in [1.29, 1.82) is 0 Å². The second-order valence-electron chi connectivity index (χ2n) is 5.82. The number of benzene rings is 2. The molecular formula is C18H17F3N2OS. The van der Waals surface area contributed by atoms with Crippen LogP contribution in [0.1, 0.15) is 18.4 Å². The Kier molecular flexibility index (Phi) is 5.43. The molecule has 0 aromatic heterocycles. The summed E-state index contributed by atoms with van der Waals surface area (Å²) in [5, 5.41) is 3.67. The molecule has 0 amide bonds. The van der Waals surface area contributed by atoms with Gasteiger partial charge in [-0.25, -0.2) is 4.39 Å². The van der Waals surface area contributed by atoms with Crippen LogP contribution in [0.15, 0.2) is 48.5 Å². The fraction of sp³-hybridized carbons (Fsp3) is 0.278. The van der Waals surface area contributed by atoms with Crippen molar-refractivity contribution in [2.75, 3.05) is 5.32 Å². The van der Waals surface area contributed by atoms with E-state index >= 15 is 0 Å². The van der Waals surface area contributed by atoms with E-state index in [-0.39, 0.29) is 11.6 Å². The molecule has 2 aromatic rings. The number of ether oxygens (including phenoxy) is 1. The normalized spacial score (nSPS) is 13.6. The van der Waals surface area contributed by atoms with Gasteiger partial charge in [0.15, 0.2) is 5.11 Å². The molecule has 1 fully saturated rings. The Balaban J connectivity index is 1.63. The monoisotopic (exact) mass is 366 g/mol. The SMILES string of the molecule is Fc1ccc(CN(C(=S)Nc2ccc(OC(F)F)cc2)C2CC2)cc1. The Morgan fingerprint density at radius 1 is 1.12 bits per heavy atom. The molecule has 0 atom stereocenters. The van der Waals surface area contributed by atoms with Crippen LogP contribution in [0.3, 0.4) is 0 Å². The predicted octanol–water partition coefficient (Wildman–Crippen LogP) is 4.79. The average molecular weight is 366 g/mol. The van der Waals surface area contributed by atoms with Gasteiger partial charge < -0.3 is 15.0 Å². The predicted molar refractivity (Wildman–Crippen MR) is 94.3 cm³/mol. The highest BCUT2D eigenvalue weighted by atomic mass is 32.1. The molecule has 3 nitrogen and oxygen atoms in total. The van der Waals surface area contributed by atoms with Crippen LogP contribution in [0.5, 0.6) is 5.75 Å². The lowest BCUT2D eigenvalue weighted by molar-refractivity contribution is -0.0498. The first kappa shape index (κ1) is 17.5. The van der Waals surface area contributed by atoms with Crippen LogP contribution in [0, 0.1) is 5.82 Å². The minimum absolute atomic E-state index is 0.0943. The van der Waals surface area contributed by atoms with E-state index in [1.807, 2.05) is 0 Å². The molecular weight excluding hydrogens is 349 g/mol. The lowest BCUT2D eigenvalue weighted by Gasteiger charge is -2.26. The summed E-state index contributed by atoms with van der Waals surface area (Å²) in [7, 11) is 0. The molecule has 0 heterocycles. The lowest BCUT2D eigenvalue weighted by Crippen LogP contribution is -2.36. The van der Waals surface area contributed by atoms with Gasteiger partial charge in [0.05, 0.1) is 0 Å². The van der Waals surface area contributed by atoms with E-state index in [2.05, 4.69) is 15.0 Å². The summed E-state index contributed by atoms with van der Waals surface area (Å²) in [5.41, 5.74) is 1.66. The average Bonchev–Trinajstić information content (AvgIpc) is 3.40. The standard InChI is InChI=1S/C18H17F3N2OS/c19-13-3-1-12(2-4-13)11-23(15-7-8-15)18(25)22-14-5-9-16(10-6-14)24-17(20)21/h1-6,9-10,15,17H,7-8,11H2,(H,22,25). The van der Waals surface area contributed by atoms with Crippen LogP contribution >= 0.6 is 12.2 Å². The number of alkyl halides is 2. The van der Waals surface area contributed by atoms with Crippen molar-refractivity contribution >= 4 is 23.0 Å². The third-order valence-electron chi connectivity index (χ3n) is 3.85. The van der Waals surface area contributed by atoms with Crippen LogP contribution in [-0.4, -0.2) is 22.7 Å². The molecule has 0 spiro atoms. The third-order valence-corrected chi connectivity index (χ3v) is 4.18. The summed E-state index contributed by atoms with van der Waals surface area (Å²) in [6.45, 7) is -2.26. The Labute approximate surface area is 149 Å². The summed E-state index contributed by atoms with van der Waals surface area (Å²) in [4.78, 5) is 2.06. The Morgan fingerprint density at radius 2 is 1.76 bits per heavy atom. The first-order chi connectivity index (χ1) is 12.0. The van der Waals surface area contributed by atoms with E-state index < -0.39 is 6.61 Å². The number of hydrogen-bond acceptors (Lipinski definition) is 2. The van der Waals surface area contributed by atoms with Crippen LogP contribution in [-0.2, 0) is 6.54 Å². The maximum atomic E-state index is 13.0. The molecule has 1 saturated carbocycles. The van der Waals surface area contributed by atoms with Crippen molar-refractivity contribution in [3.63, 3.8) is 0 Å². The van der Waals surface area contributed by atoms with Crippen molar-refractivity contribution in [2.24, 2.45) is 0 Å². The number of rotatable bonds is 6. The van der Waals surface area contributed by atoms with Crippen LogP contribution < -0.4 is 10.1 Å². The number of thiocarbonyl (C=S) groups is 1. The summed E-state index contributed by atoms with van der Waals surface area (Å²) >= 11 is 5.49. The molecule has 1 aliphatic carbocycles. The van der Waals surface area contributed by atoms with Crippen LogP contribution in [0.25, 0.3) is 0 Å². The van der Waals surface area contributed by atoms with Gasteiger partial charge in [-0.2, -0.15) is 8.78 Å². The molecule has 132 valence electrons.